The van der Waals surface area contributed by atoms with Gasteiger partial charge < -0.3 is 20.1 Å². The van der Waals surface area contributed by atoms with E-state index < -0.39 is 0 Å². The van der Waals surface area contributed by atoms with E-state index in [9.17, 15) is 4.79 Å². The lowest BCUT2D eigenvalue weighted by molar-refractivity contribution is 0.0945. The lowest BCUT2D eigenvalue weighted by Crippen LogP contribution is -2.24. The van der Waals surface area contributed by atoms with Gasteiger partial charge in [-0.15, -0.1) is 10.2 Å². The molecule has 1 aromatic heterocycles. The van der Waals surface area contributed by atoms with Gasteiger partial charge in [0.15, 0.2) is 11.5 Å². The Hall–Kier alpha value is -3.61. The number of nitrogens with one attached hydrogen (secondary N) is 2. The molecule has 0 atom stereocenters. The quantitative estimate of drug-likeness (QED) is 0.655. The zero-order chi connectivity index (χ0) is 19.9. The van der Waals surface area contributed by atoms with Crippen molar-refractivity contribution in [2.45, 2.75) is 13.5 Å². The predicted molar refractivity (Wildman–Crippen MR) is 107 cm³/mol. The fourth-order valence-corrected chi connectivity index (χ4v) is 2.66. The lowest BCUT2D eigenvalue weighted by atomic mass is 10.1. The monoisotopic (exact) mass is 378 g/mol. The summed E-state index contributed by atoms with van der Waals surface area (Å²) in [7, 11) is 3.18. The topological polar surface area (TPSA) is 85.4 Å². The number of carbonyl (C=O) groups is 1. The van der Waals surface area contributed by atoms with Crippen molar-refractivity contribution < 1.29 is 14.3 Å². The van der Waals surface area contributed by atoms with E-state index in [1.165, 1.54) is 0 Å². The van der Waals surface area contributed by atoms with Gasteiger partial charge in [-0.25, -0.2) is 0 Å². The van der Waals surface area contributed by atoms with E-state index in [0.29, 0.717) is 29.5 Å². The van der Waals surface area contributed by atoms with Gasteiger partial charge in [0, 0.05) is 12.6 Å². The summed E-state index contributed by atoms with van der Waals surface area (Å²) >= 11 is 0. The minimum absolute atomic E-state index is 0.246. The van der Waals surface area contributed by atoms with Crippen LogP contribution in [-0.4, -0.2) is 30.3 Å². The van der Waals surface area contributed by atoms with Crippen LogP contribution in [0.5, 0.6) is 11.5 Å². The van der Waals surface area contributed by atoms with Crippen LogP contribution in [0.3, 0.4) is 0 Å². The number of aryl methyl sites for hydroxylation is 1. The van der Waals surface area contributed by atoms with E-state index in [4.69, 9.17) is 9.47 Å². The molecular formula is C21H22N4O3. The zero-order valence-corrected chi connectivity index (χ0v) is 16.0. The Bertz CT molecular complexity index is 958. The summed E-state index contributed by atoms with van der Waals surface area (Å²) in [6, 6.07) is 16.7. The molecular weight excluding hydrogens is 356 g/mol. The second-order valence-electron chi connectivity index (χ2n) is 6.17. The van der Waals surface area contributed by atoms with Crippen molar-refractivity contribution in [1.29, 1.82) is 0 Å². The Kier molecular flexibility index (Phi) is 6.06. The van der Waals surface area contributed by atoms with Crippen LogP contribution in [0.25, 0.3) is 0 Å². The number of methoxy groups -OCH3 is 2. The fourth-order valence-electron chi connectivity index (χ4n) is 2.66. The maximum atomic E-state index is 12.3. The summed E-state index contributed by atoms with van der Waals surface area (Å²) < 4.78 is 10.6. The smallest absolute Gasteiger partial charge is 0.272 e. The first-order valence-corrected chi connectivity index (χ1v) is 8.75. The molecule has 0 aliphatic rings. The SMILES string of the molecule is COc1ccc(OC)c(Nc2ccc(C(=O)NCc3cccc(C)c3)nn2)c1. The standard InChI is InChI=1S/C21H22N4O3/c1-14-5-4-6-15(11-14)13-22-21(26)17-8-10-20(25-24-17)23-18-12-16(27-2)7-9-19(18)28-3/h4-12H,13H2,1-3H3,(H,22,26)(H,23,25). The molecule has 28 heavy (non-hydrogen) atoms. The maximum Gasteiger partial charge on any atom is 0.272 e. The number of hydrogen-bond acceptors (Lipinski definition) is 6. The molecule has 0 radical (unpaired) electrons. The third-order valence-corrected chi connectivity index (χ3v) is 4.10. The van der Waals surface area contributed by atoms with Crippen LogP contribution in [0, 0.1) is 6.92 Å². The van der Waals surface area contributed by atoms with Gasteiger partial charge in [-0.1, -0.05) is 29.8 Å². The molecule has 0 bridgehead atoms. The average Bonchev–Trinajstić information content (AvgIpc) is 2.72. The molecule has 1 heterocycles. The van der Waals surface area contributed by atoms with E-state index in [1.807, 2.05) is 31.2 Å². The number of amides is 1. The highest BCUT2D eigenvalue weighted by Crippen LogP contribution is 2.30. The highest BCUT2D eigenvalue weighted by atomic mass is 16.5. The highest BCUT2D eigenvalue weighted by molar-refractivity contribution is 5.92. The van der Waals surface area contributed by atoms with E-state index in [2.05, 4.69) is 20.8 Å². The third kappa shape index (κ3) is 4.76. The first-order chi connectivity index (χ1) is 13.6. The van der Waals surface area contributed by atoms with Crippen molar-refractivity contribution >= 4 is 17.4 Å². The van der Waals surface area contributed by atoms with Crippen LogP contribution >= 0.6 is 0 Å². The predicted octanol–water partition coefficient (Wildman–Crippen LogP) is 3.48. The molecule has 2 aromatic carbocycles. The van der Waals surface area contributed by atoms with E-state index in [0.717, 1.165) is 11.1 Å². The Morgan fingerprint density at radius 2 is 1.86 bits per heavy atom. The van der Waals surface area contributed by atoms with Crippen LogP contribution in [0.2, 0.25) is 0 Å². The summed E-state index contributed by atoms with van der Waals surface area (Å²) in [6.45, 7) is 2.45. The molecule has 0 spiro atoms. The molecule has 3 aromatic rings. The Morgan fingerprint density at radius 1 is 1.00 bits per heavy atom. The molecule has 144 valence electrons. The normalized spacial score (nSPS) is 10.2. The van der Waals surface area contributed by atoms with Gasteiger partial charge >= 0.3 is 0 Å². The zero-order valence-electron chi connectivity index (χ0n) is 16.0. The second-order valence-corrected chi connectivity index (χ2v) is 6.17. The van der Waals surface area contributed by atoms with Crippen molar-refractivity contribution in [3.63, 3.8) is 0 Å². The number of aromatic nitrogens is 2. The van der Waals surface area contributed by atoms with Crippen molar-refractivity contribution in [1.82, 2.24) is 15.5 Å². The molecule has 0 fully saturated rings. The Balaban J connectivity index is 1.65. The van der Waals surface area contributed by atoms with Crippen LogP contribution < -0.4 is 20.1 Å². The number of nitrogens with zero attached hydrogens (tertiary/aromatic N) is 2. The van der Waals surface area contributed by atoms with Crippen molar-refractivity contribution in [3.8, 4) is 11.5 Å². The number of carbonyl (C=O) groups excluding carboxylic acids is 1. The van der Waals surface area contributed by atoms with Gasteiger partial charge in [0.1, 0.15) is 11.5 Å². The van der Waals surface area contributed by atoms with Crippen LogP contribution in [0.15, 0.2) is 54.6 Å². The second kappa shape index (κ2) is 8.85. The molecule has 7 nitrogen and oxygen atoms in total. The molecule has 3 rings (SSSR count). The summed E-state index contributed by atoms with van der Waals surface area (Å²) in [5.41, 5.74) is 3.11. The molecule has 2 N–H and O–H groups in total. The summed E-state index contributed by atoms with van der Waals surface area (Å²) in [5.74, 6) is 1.53. The number of hydrogen-bond donors (Lipinski definition) is 2. The highest BCUT2D eigenvalue weighted by Gasteiger charge is 2.10. The van der Waals surface area contributed by atoms with Gasteiger partial charge in [-0.05, 0) is 36.8 Å². The fraction of sp³-hybridized carbons (Fsp3) is 0.190. The van der Waals surface area contributed by atoms with Crippen molar-refractivity contribution in [2.24, 2.45) is 0 Å². The first-order valence-electron chi connectivity index (χ1n) is 8.75. The number of anilines is 2. The van der Waals surface area contributed by atoms with Crippen molar-refractivity contribution in [2.75, 3.05) is 19.5 Å². The van der Waals surface area contributed by atoms with Crippen LogP contribution in [0.4, 0.5) is 11.5 Å². The number of benzene rings is 2. The largest absolute Gasteiger partial charge is 0.497 e. The number of ether oxygens (including phenoxy) is 2. The molecule has 0 aliphatic heterocycles. The minimum Gasteiger partial charge on any atom is -0.497 e. The van der Waals surface area contributed by atoms with Crippen molar-refractivity contribution in [3.05, 3.63) is 71.4 Å². The molecule has 0 saturated heterocycles. The van der Waals surface area contributed by atoms with Crippen LogP contribution in [0.1, 0.15) is 21.6 Å². The molecule has 0 aliphatic carbocycles. The van der Waals surface area contributed by atoms with E-state index >= 15 is 0 Å². The molecule has 0 saturated carbocycles. The van der Waals surface area contributed by atoms with Gasteiger partial charge in [0.05, 0.1) is 19.9 Å². The summed E-state index contributed by atoms with van der Waals surface area (Å²) in [4.78, 5) is 12.3. The Labute approximate surface area is 163 Å². The average molecular weight is 378 g/mol. The van der Waals surface area contributed by atoms with Gasteiger partial charge in [0.25, 0.3) is 5.91 Å². The molecule has 7 heteroatoms. The Morgan fingerprint density at radius 3 is 2.54 bits per heavy atom. The molecule has 0 unspecified atom stereocenters. The first kappa shape index (κ1) is 19.2. The summed E-state index contributed by atoms with van der Waals surface area (Å²) in [5, 5.41) is 14.0. The molecule has 1 amide bonds. The third-order valence-electron chi connectivity index (χ3n) is 4.10. The van der Waals surface area contributed by atoms with E-state index in [1.54, 1.807) is 44.6 Å². The maximum absolute atomic E-state index is 12.3. The van der Waals surface area contributed by atoms with E-state index in [-0.39, 0.29) is 11.6 Å². The van der Waals surface area contributed by atoms with Gasteiger partial charge in [-0.3, -0.25) is 4.79 Å². The number of rotatable bonds is 7. The van der Waals surface area contributed by atoms with Crippen LogP contribution in [-0.2, 0) is 6.54 Å². The van der Waals surface area contributed by atoms with Gasteiger partial charge in [-0.2, -0.15) is 0 Å². The lowest BCUT2D eigenvalue weighted by Gasteiger charge is -2.12. The minimum atomic E-state index is -0.278. The van der Waals surface area contributed by atoms with Gasteiger partial charge in [0.2, 0.25) is 0 Å². The summed E-state index contributed by atoms with van der Waals surface area (Å²) in [6.07, 6.45) is 0.